The molecule has 1 unspecified atom stereocenters. The molecule has 1 saturated heterocycles. The van der Waals surface area contributed by atoms with Crippen LogP contribution in [-0.2, 0) is 5.41 Å². The lowest BCUT2D eigenvalue weighted by Crippen LogP contribution is -2.59. The van der Waals surface area contributed by atoms with E-state index in [1.54, 1.807) is 6.07 Å². The number of anilines is 1. The minimum Gasteiger partial charge on any atom is -0.508 e. The van der Waals surface area contributed by atoms with Gasteiger partial charge in [-0.1, -0.05) is 13.8 Å². The molecule has 0 aliphatic carbocycles. The molecule has 10 heteroatoms. The summed E-state index contributed by atoms with van der Waals surface area (Å²) >= 11 is 0. The van der Waals surface area contributed by atoms with Crippen LogP contribution < -0.4 is 4.90 Å². The molecule has 0 saturated carbocycles. The molecule has 32 heavy (non-hydrogen) atoms. The van der Waals surface area contributed by atoms with Gasteiger partial charge in [0.05, 0.1) is 12.0 Å². The minimum atomic E-state index is -4.94. The Morgan fingerprint density at radius 3 is 2.38 bits per heavy atom. The molecular weight excluding hydrogens is 432 g/mol. The second kappa shape index (κ2) is 8.74. The SMILES string of the molecule is CC(C)(CC(O)(CN1CCN(c2ccoc2C=O)CC1)C(F)(F)F)c1cc(F)ccc1O. The van der Waals surface area contributed by atoms with Gasteiger partial charge >= 0.3 is 6.18 Å². The van der Waals surface area contributed by atoms with E-state index in [1.807, 2.05) is 4.90 Å². The molecule has 1 aromatic heterocycles. The lowest BCUT2D eigenvalue weighted by atomic mass is 9.74. The number of benzene rings is 1. The van der Waals surface area contributed by atoms with Gasteiger partial charge in [0.1, 0.15) is 11.6 Å². The summed E-state index contributed by atoms with van der Waals surface area (Å²) in [5, 5.41) is 20.8. The quantitative estimate of drug-likeness (QED) is 0.487. The number of piperazine rings is 1. The zero-order valence-electron chi connectivity index (χ0n) is 17.8. The van der Waals surface area contributed by atoms with Gasteiger partial charge < -0.3 is 19.5 Å². The molecule has 0 amide bonds. The van der Waals surface area contributed by atoms with Crippen molar-refractivity contribution in [3.8, 4) is 5.75 Å². The van der Waals surface area contributed by atoms with Gasteiger partial charge in [0, 0.05) is 44.4 Å². The van der Waals surface area contributed by atoms with E-state index < -0.39 is 36.0 Å². The first-order valence-electron chi connectivity index (χ1n) is 10.1. The van der Waals surface area contributed by atoms with Gasteiger partial charge in [0.2, 0.25) is 0 Å². The molecule has 3 rings (SSSR count). The maximum absolute atomic E-state index is 14.0. The number of aldehydes is 1. The number of aliphatic hydroxyl groups is 1. The van der Waals surface area contributed by atoms with Crippen LogP contribution in [-0.4, -0.2) is 65.9 Å². The van der Waals surface area contributed by atoms with Crippen molar-refractivity contribution < 1.29 is 37.0 Å². The first-order chi connectivity index (χ1) is 14.9. The van der Waals surface area contributed by atoms with Crippen LogP contribution in [0.5, 0.6) is 5.75 Å². The Balaban J connectivity index is 1.75. The summed E-state index contributed by atoms with van der Waals surface area (Å²) in [6.45, 7) is 3.34. The van der Waals surface area contributed by atoms with Gasteiger partial charge in [0.25, 0.3) is 0 Å². The molecule has 2 N–H and O–H groups in total. The maximum atomic E-state index is 14.0. The Bertz CT molecular complexity index is 952. The zero-order valence-corrected chi connectivity index (χ0v) is 17.8. The molecule has 0 bridgehead atoms. The smallest absolute Gasteiger partial charge is 0.418 e. The van der Waals surface area contributed by atoms with Crippen molar-refractivity contribution in [3.05, 3.63) is 47.7 Å². The van der Waals surface area contributed by atoms with E-state index in [2.05, 4.69) is 0 Å². The van der Waals surface area contributed by atoms with Crippen LogP contribution in [0.3, 0.4) is 0 Å². The lowest BCUT2D eigenvalue weighted by molar-refractivity contribution is -0.271. The third-order valence-electron chi connectivity index (χ3n) is 5.93. The monoisotopic (exact) mass is 458 g/mol. The number of hydrogen-bond donors (Lipinski definition) is 2. The van der Waals surface area contributed by atoms with Crippen LogP contribution in [0.15, 0.2) is 34.9 Å². The van der Waals surface area contributed by atoms with Crippen molar-refractivity contribution in [1.82, 2.24) is 4.90 Å². The maximum Gasteiger partial charge on any atom is 0.418 e. The highest BCUT2D eigenvalue weighted by atomic mass is 19.4. The number of β-amino-alcohol motifs (C(OH)–C–C–N with tert-alkyl or cyclic N) is 1. The standard InChI is InChI=1S/C22H26F4N2O4/c1-20(2,16-11-15(23)3-4-18(16)30)13-21(31,22(24,25)26)14-27-6-8-28(9-7-27)17-5-10-32-19(17)12-29/h3-5,10-12,30-31H,6-9,13-14H2,1-2H3. The summed E-state index contributed by atoms with van der Waals surface area (Å²) in [4.78, 5) is 14.4. The van der Waals surface area contributed by atoms with E-state index in [-0.39, 0.29) is 30.2 Å². The number of phenols is 1. The predicted octanol–water partition coefficient (Wildman–Crippen LogP) is 3.72. The average Bonchev–Trinajstić information content (AvgIpc) is 3.18. The summed E-state index contributed by atoms with van der Waals surface area (Å²) in [6, 6.07) is 4.71. The van der Waals surface area contributed by atoms with Crippen LogP contribution in [0, 0.1) is 5.82 Å². The Kier molecular flexibility index (Phi) is 6.57. The second-order valence-electron chi connectivity index (χ2n) is 8.80. The van der Waals surface area contributed by atoms with Crippen molar-refractivity contribution in [1.29, 1.82) is 0 Å². The first-order valence-corrected chi connectivity index (χ1v) is 10.1. The van der Waals surface area contributed by atoms with E-state index in [0.29, 0.717) is 25.1 Å². The number of carbonyl (C=O) groups is 1. The number of furan rings is 1. The topological polar surface area (TPSA) is 77.2 Å². The van der Waals surface area contributed by atoms with Gasteiger partial charge in [0.15, 0.2) is 17.6 Å². The normalized spacial score (nSPS) is 17.9. The first kappa shape index (κ1) is 24.1. The number of phenolic OH excluding ortho intramolecular Hbond substituents is 1. The molecule has 1 aromatic carbocycles. The molecule has 1 fully saturated rings. The van der Waals surface area contributed by atoms with Crippen LogP contribution in [0.2, 0.25) is 0 Å². The van der Waals surface area contributed by atoms with Crippen molar-refractivity contribution in [3.63, 3.8) is 0 Å². The summed E-state index contributed by atoms with van der Waals surface area (Å²) in [5.74, 6) is -0.867. The van der Waals surface area contributed by atoms with Crippen LogP contribution in [0.4, 0.5) is 23.2 Å². The molecule has 176 valence electrons. The predicted molar refractivity (Wildman–Crippen MR) is 109 cm³/mol. The van der Waals surface area contributed by atoms with Gasteiger partial charge in [-0.2, -0.15) is 13.2 Å². The number of rotatable bonds is 7. The highest BCUT2D eigenvalue weighted by Crippen LogP contribution is 2.44. The molecule has 1 atom stereocenters. The fourth-order valence-electron chi connectivity index (χ4n) is 4.30. The van der Waals surface area contributed by atoms with Gasteiger partial charge in [-0.25, -0.2) is 4.39 Å². The number of aromatic hydroxyl groups is 1. The summed E-state index contributed by atoms with van der Waals surface area (Å²) < 4.78 is 60.8. The largest absolute Gasteiger partial charge is 0.508 e. The van der Waals surface area contributed by atoms with E-state index in [9.17, 15) is 32.6 Å². The molecule has 0 spiro atoms. The Morgan fingerprint density at radius 1 is 1.12 bits per heavy atom. The van der Waals surface area contributed by atoms with E-state index in [4.69, 9.17) is 4.42 Å². The zero-order chi connectivity index (χ0) is 23.7. The summed E-state index contributed by atoms with van der Waals surface area (Å²) in [5.41, 5.74) is -3.88. The van der Waals surface area contributed by atoms with E-state index in [0.717, 1.165) is 18.2 Å². The van der Waals surface area contributed by atoms with Gasteiger partial charge in [-0.15, -0.1) is 0 Å². The second-order valence-corrected chi connectivity index (χ2v) is 8.80. The Morgan fingerprint density at radius 2 is 1.78 bits per heavy atom. The van der Waals surface area contributed by atoms with Crippen LogP contribution in [0.25, 0.3) is 0 Å². The highest BCUT2D eigenvalue weighted by Gasteiger charge is 2.57. The Labute approximate surface area is 183 Å². The van der Waals surface area contributed by atoms with E-state index in [1.165, 1.54) is 25.0 Å². The summed E-state index contributed by atoms with van der Waals surface area (Å²) in [6.07, 6.45) is -3.76. The number of hydrogen-bond acceptors (Lipinski definition) is 6. The van der Waals surface area contributed by atoms with Crippen LogP contribution in [0.1, 0.15) is 36.4 Å². The van der Waals surface area contributed by atoms with Crippen molar-refractivity contribution in [2.24, 2.45) is 0 Å². The Hall–Kier alpha value is -2.59. The molecule has 6 nitrogen and oxygen atoms in total. The van der Waals surface area contributed by atoms with Gasteiger partial charge in [-0.3, -0.25) is 9.69 Å². The molecule has 0 radical (unpaired) electrons. The number of nitrogens with zero attached hydrogens (tertiary/aromatic N) is 2. The average molecular weight is 458 g/mol. The minimum absolute atomic E-state index is 0.00801. The third kappa shape index (κ3) is 4.91. The third-order valence-corrected chi connectivity index (χ3v) is 5.93. The lowest BCUT2D eigenvalue weighted by Gasteiger charge is -2.43. The van der Waals surface area contributed by atoms with Gasteiger partial charge in [-0.05, 0) is 30.0 Å². The molecule has 1 aliphatic heterocycles. The summed E-state index contributed by atoms with van der Waals surface area (Å²) in [7, 11) is 0. The number of halogens is 4. The number of alkyl halides is 3. The molecular formula is C22H26F4N2O4. The molecule has 2 heterocycles. The number of carbonyl (C=O) groups excluding carboxylic acids is 1. The van der Waals surface area contributed by atoms with Crippen molar-refractivity contribution in [2.45, 2.75) is 37.5 Å². The van der Waals surface area contributed by atoms with E-state index >= 15 is 0 Å². The molecule has 1 aliphatic rings. The molecule has 2 aromatic rings. The van der Waals surface area contributed by atoms with Crippen LogP contribution >= 0.6 is 0 Å². The highest BCUT2D eigenvalue weighted by molar-refractivity contribution is 5.80. The van der Waals surface area contributed by atoms with Crippen molar-refractivity contribution in [2.75, 3.05) is 37.6 Å². The van der Waals surface area contributed by atoms with Crippen molar-refractivity contribution >= 4 is 12.0 Å². The fraction of sp³-hybridized carbons (Fsp3) is 0.500. The fourth-order valence-corrected chi connectivity index (χ4v) is 4.30.